The molecule has 0 fully saturated rings. The molecular formula is C11H12FN3O3S. The minimum Gasteiger partial charge on any atom is -0.355 e. The van der Waals surface area contributed by atoms with Crippen LogP contribution in [0.3, 0.4) is 0 Å². The monoisotopic (exact) mass is 285 g/mol. The van der Waals surface area contributed by atoms with Gasteiger partial charge in [0.25, 0.3) is 5.88 Å². The van der Waals surface area contributed by atoms with Crippen molar-refractivity contribution in [3.8, 4) is 5.88 Å². The Bertz CT molecular complexity index is 682. The van der Waals surface area contributed by atoms with Crippen molar-refractivity contribution in [2.45, 2.75) is 24.8 Å². The second kappa shape index (κ2) is 4.96. The van der Waals surface area contributed by atoms with Crippen LogP contribution in [0, 0.1) is 5.82 Å². The summed E-state index contributed by atoms with van der Waals surface area (Å²) >= 11 is 0. The summed E-state index contributed by atoms with van der Waals surface area (Å²) in [5, 5.41) is 7.71. The van der Waals surface area contributed by atoms with Crippen LogP contribution in [0.25, 0.3) is 0 Å². The van der Waals surface area contributed by atoms with E-state index in [0.29, 0.717) is 0 Å². The molecule has 0 saturated carbocycles. The smallest absolute Gasteiger partial charge is 0.340 e. The molecule has 0 saturated heterocycles. The van der Waals surface area contributed by atoms with Gasteiger partial charge in [0, 0.05) is 0 Å². The van der Waals surface area contributed by atoms with Crippen LogP contribution in [0.15, 0.2) is 35.4 Å². The normalized spacial score (nSPS) is 11.8. The van der Waals surface area contributed by atoms with Gasteiger partial charge in [-0.2, -0.15) is 18.3 Å². The lowest BCUT2D eigenvalue weighted by molar-refractivity contribution is 0.435. The third kappa shape index (κ3) is 3.08. The van der Waals surface area contributed by atoms with Gasteiger partial charge in [0.15, 0.2) is 0 Å². The van der Waals surface area contributed by atoms with Crippen molar-refractivity contribution in [1.29, 1.82) is 0 Å². The molecule has 0 N–H and O–H groups in total. The highest BCUT2D eigenvalue weighted by molar-refractivity contribution is 7.87. The summed E-state index contributed by atoms with van der Waals surface area (Å²) in [6.07, 6.45) is 1.19. The molecule has 2 rings (SSSR count). The Morgan fingerprint density at radius 3 is 2.68 bits per heavy atom. The number of hydrogen-bond donors (Lipinski definition) is 0. The van der Waals surface area contributed by atoms with E-state index in [1.54, 1.807) is 0 Å². The van der Waals surface area contributed by atoms with E-state index >= 15 is 0 Å². The first-order chi connectivity index (χ1) is 8.88. The van der Waals surface area contributed by atoms with Crippen molar-refractivity contribution in [3.63, 3.8) is 0 Å². The topological polar surface area (TPSA) is 74.1 Å². The quantitative estimate of drug-likeness (QED) is 0.800. The van der Waals surface area contributed by atoms with Gasteiger partial charge < -0.3 is 4.18 Å². The molecule has 0 spiro atoms. The average Bonchev–Trinajstić information content (AvgIpc) is 2.77. The first-order valence-electron chi connectivity index (χ1n) is 5.50. The minimum absolute atomic E-state index is 0.0192. The largest absolute Gasteiger partial charge is 0.355 e. The highest BCUT2D eigenvalue weighted by Crippen LogP contribution is 2.17. The summed E-state index contributed by atoms with van der Waals surface area (Å²) in [4.78, 5) is 1.04. The van der Waals surface area contributed by atoms with E-state index in [4.69, 9.17) is 4.18 Å². The van der Waals surface area contributed by atoms with Crippen molar-refractivity contribution < 1.29 is 17.0 Å². The lowest BCUT2D eigenvalue weighted by Crippen LogP contribution is -2.11. The van der Waals surface area contributed by atoms with Crippen molar-refractivity contribution in [2.75, 3.05) is 0 Å². The summed E-state index contributed by atoms with van der Waals surface area (Å²) in [5.74, 6) is -0.812. The third-order valence-electron chi connectivity index (χ3n) is 2.23. The molecule has 6 nitrogen and oxygen atoms in total. The Balaban J connectivity index is 2.26. The maximum absolute atomic E-state index is 13.0. The summed E-state index contributed by atoms with van der Waals surface area (Å²) in [6.45, 7) is 3.68. The van der Waals surface area contributed by atoms with Gasteiger partial charge in [-0.05, 0) is 32.0 Å². The lowest BCUT2D eigenvalue weighted by atomic mass is 10.4. The zero-order chi connectivity index (χ0) is 14.0. The fourth-order valence-electron chi connectivity index (χ4n) is 1.33. The van der Waals surface area contributed by atoms with Gasteiger partial charge in [0.2, 0.25) is 0 Å². The average molecular weight is 285 g/mol. The van der Waals surface area contributed by atoms with Crippen molar-refractivity contribution >= 4 is 10.1 Å². The highest BCUT2D eigenvalue weighted by atomic mass is 32.2. The van der Waals surface area contributed by atoms with Gasteiger partial charge in [0.05, 0.1) is 6.04 Å². The number of rotatable bonds is 4. The second-order valence-electron chi connectivity index (χ2n) is 4.09. The number of benzene rings is 1. The Labute approximate surface area is 109 Å². The number of nitrogens with zero attached hydrogens (tertiary/aromatic N) is 3. The summed E-state index contributed by atoms with van der Waals surface area (Å²) in [7, 11) is -4.10. The Hall–Kier alpha value is -1.96. The minimum atomic E-state index is -4.10. The van der Waals surface area contributed by atoms with Crippen molar-refractivity contribution in [3.05, 3.63) is 36.3 Å². The zero-order valence-corrected chi connectivity index (χ0v) is 11.1. The van der Waals surface area contributed by atoms with Crippen LogP contribution in [-0.2, 0) is 10.1 Å². The highest BCUT2D eigenvalue weighted by Gasteiger charge is 2.19. The Morgan fingerprint density at radius 1 is 1.37 bits per heavy atom. The molecule has 0 atom stereocenters. The molecule has 8 heteroatoms. The van der Waals surface area contributed by atoms with Gasteiger partial charge in [-0.1, -0.05) is 6.07 Å². The molecule has 0 aliphatic heterocycles. The number of hydrogen-bond acceptors (Lipinski definition) is 5. The van der Waals surface area contributed by atoms with Crippen molar-refractivity contribution in [1.82, 2.24) is 15.0 Å². The predicted octanol–water partition coefficient (Wildman–Crippen LogP) is 1.77. The maximum Gasteiger partial charge on any atom is 0.340 e. The summed E-state index contributed by atoms with van der Waals surface area (Å²) < 4.78 is 41.5. The molecule has 1 heterocycles. The standard InChI is InChI=1S/C11H12FN3O3S/c1-8(2)15-13-7-11(14-15)18-19(16,17)10-5-3-4-9(12)6-10/h3-8H,1-2H3. The van der Waals surface area contributed by atoms with Gasteiger partial charge in [0.1, 0.15) is 16.9 Å². The maximum atomic E-state index is 13.0. The van der Waals surface area contributed by atoms with Crippen molar-refractivity contribution in [2.24, 2.45) is 0 Å². The molecular weight excluding hydrogens is 273 g/mol. The molecule has 0 bridgehead atoms. The Kier molecular flexibility index (Phi) is 3.52. The molecule has 0 radical (unpaired) electrons. The number of aromatic nitrogens is 3. The van der Waals surface area contributed by atoms with Crippen LogP contribution in [0.1, 0.15) is 19.9 Å². The number of halogens is 1. The molecule has 0 amide bonds. The van der Waals surface area contributed by atoms with E-state index in [1.165, 1.54) is 23.1 Å². The zero-order valence-electron chi connectivity index (χ0n) is 10.3. The summed E-state index contributed by atoms with van der Waals surface area (Å²) in [5.41, 5.74) is 0. The molecule has 0 unspecified atom stereocenters. The van der Waals surface area contributed by atoms with E-state index in [9.17, 15) is 12.8 Å². The molecule has 1 aromatic heterocycles. The van der Waals surface area contributed by atoms with Crippen LogP contribution in [0.4, 0.5) is 4.39 Å². The Morgan fingerprint density at radius 2 is 2.11 bits per heavy atom. The molecule has 102 valence electrons. The van der Waals surface area contributed by atoms with E-state index in [0.717, 1.165) is 12.1 Å². The lowest BCUT2D eigenvalue weighted by Gasteiger charge is -2.04. The van der Waals surface area contributed by atoms with Gasteiger partial charge in [-0.15, -0.1) is 5.10 Å². The van der Waals surface area contributed by atoms with Crippen LogP contribution in [-0.4, -0.2) is 23.4 Å². The molecule has 19 heavy (non-hydrogen) atoms. The molecule has 2 aromatic rings. The summed E-state index contributed by atoms with van der Waals surface area (Å²) in [6, 6.07) is 4.53. The molecule has 1 aromatic carbocycles. The van der Waals surface area contributed by atoms with Crippen LogP contribution in [0.2, 0.25) is 0 Å². The third-order valence-corrected chi connectivity index (χ3v) is 3.45. The van der Waals surface area contributed by atoms with E-state index < -0.39 is 15.9 Å². The van der Waals surface area contributed by atoms with Crippen LogP contribution in [0.5, 0.6) is 5.88 Å². The van der Waals surface area contributed by atoms with E-state index in [1.807, 2.05) is 13.8 Å². The van der Waals surface area contributed by atoms with Gasteiger partial charge in [-0.3, -0.25) is 0 Å². The SMILES string of the molecule is CC(C)n1ncc(OS(=O)(=O)c2cccc(F)c2)n1. The molecule has 0 aliphatic carbocycles. The van der Waals surface area contributed by atoms with E-state index in [2.05, 4.69) is 10.2 Å². The molecule has 0 aliphatic rings. The van der Waals surface area contributed by atoms with Gasteiger partial charge in [-0.25, -0.2) is 4.39 Å². The first-order valence-corrected chi connectivity index (χ1v) is 6.91. The van der Waals surface area contributed by atoms with E-state index in [-0.39, 0.29) is 16.8 Å². The van der Waals surface area contributed by atoms with Crippen LogP contribution < -0.4 is 4.18 Å². The van der Waals surface area contributed by atoms with Gasteiger partial charge >= 0.3 is 10.1 Å². The fraction of sp³-hybridized carbons (Fsp3) is 0.273. The first kappa shape index (κ1) is 13.5. The fourth-order valence-corrected chi connectivity index (χ4v) is 2.23. The predicted molar refractivity (Wildman–Crippen MR) is 64.6 cm³/mol. The van der Waals surface area contributed by atoms with Crippen LogP contribution >= 0.6 is 0 Å². The second-order valence-corrected chi connectivity index (χ2v) is 5.64.